The van der Waals surface area contributed by atoms with E-state index in [0.29, 0.717) is 11.4 Å². The molecule has 2 rings (SSSR count). The number of benzene rings is 1. The number of sulfonamides is 1. The van der Waals surface area contributed by atoms with Crippen molar-refractivity contribution >= 4 is 33.3 Å². The Balaban J connectivity index is 2.41. The number of ether oxygens (including phenoxy) is 2. The number of hydrogen-bond donors (Lipinski definition) is 1. The maximum atomic E-state index is 12.6. The van der Waals surface area contributed by atoms with E-state index in [9.17, 15) is 13.2 Å². The number of nitrogens with one attached hydrogen (secondary N) is 1. The van der Waals surface area contributed by atoms with Crippen molar-refractivity contribution in [3.63, 3.8) is 0 Å². The van der Waals surface area contributed by atoms with Gasteiger partial charge in [0, 0.05) is 12.7 Å². The molecule has 0 saturated carbocycles. The van der Waals surface area contributed by atoms with E-state index < -0.39 is 16.0 Å². The molecule has 0 aliphatic heterocycles. The van der Waals surface area contributed by atoms with Crippen LogP contribution in [0.4, 0.5) is 5.69 Å². The van der Waals surface area contributed by atoms with Gasteiger partial charge in [-0.15, -0.1) is 0 Å². The van der Waals surface area contributed by atoms with Crippen LogP contribution in [0.5, 0.6) is 5.75 Å². The summed E-state index contributed by atoms with van der Waals surface area (Å²) in [6.07, 6.45) is 0. The van der Waals surface area contributed by atoms with Gasteiger partial charge in [0.15, 0.2) is 0 Å². The summed E-state index contributed by atoms with van der Waals surface area (Å²) in [7, 11) is 0.384. The molecular formula is C15H17ClN2O5S. The molecule has 2 aromatic rings. The highest BCUT2D eigenvalue weighted by atomic mass is 35.5. The molecule has 1 N–H and O–H groups in total. The van der Waals surface area contributed by atoms with E-state index in [4.69, 9.17) is 16.3 Å². The number of anilines is 1. The van der Waals surface area contributed by atoms with Gasteiger partial charge >= 0.3 is 5.97 Å². The van der Waals surface area contributed by atoms with Crippen molar-refractivity contribution in [3.05, 3.63) is 40.7 Å². The molecule has 24 heavy (non-hydrogen) atoms. The average Bonchev–Trinajstić information content (AvgIpc) is 2.83. The Kier molecular flexibility index (Phi) is 5.10. The summed E-state index contributed by atoms with van der Waals surface area (Å²) < 4.78 is 38.8. The lowest BCUT2D eigenvalue weighted by molar-refractivity contribution is 0.0589. The van der Waals surface area contributed by atoms with Crippen LogP contribution in [-0.4, -0.2) is 33.2 Å². The molecule has 0 aliphatic rings. The fourth-order valence-corrected chi connectivity index (χ4v) is 3.78. The third-order valence-corrected chi connectivity index (χ3v) is 5.37. The Morgan fingerprint density at radius 2 is 1.92 bits per heavy atom. The molecule has 9 heteroatoms. The summed E-state index contributed by atoms with van der Waals surface area (Å²) in [6.45, 7) is 1.60. The van der Waals surface area contributed by atoms with Crippen LogP contribution >= 0.6 is 11.6 Å². The average molecular weight is 373 g/mol. The van der Waals surface area contributed by atoms with Gasteiger partial charge in [0.1, 0.15) is 16.3 Å². The molecule has 0 spiro atoms. The third kappa shape index (κ3) is 3.34. The highest BCUT2D eigenvalue weighted by Crippen LogP contribution is 2.29. The number of aromatic nitrogens is 1. The van der Waals surface area contributed by atoms with E-state index in [1.54, 1.807) is 20.0 Å². The Hall–Kier alpha value is -2.19. The number of esters is 1. The first-order chi connectivity index (χ1) is 11.2. The first-order valence-electron chi connectivity index (χ1n) is 6.82. The van der Waals surface area contributed by atoms with E-state index in [0.717, 1.165) is 0 Å². The fraction of sp³-hybridized carbons (Fsp3) is 0.267. The van der Waals surface area contributed by atoms with Crippen molar-refractivity contribution in [1.29, 1.82) is 0 Å². The monoisotopic (exact) mass is 372 g/mol. The molecule has 0 atom stereocenters. The number of hydrogen-bond acceptors (Lipinski definition) is 5. The number of nitrogens with zero attached hydrogens (tertiary/aromatic N) is 1. The van der Waals surface area contributed by atoms with Crippen LogP contribution in [0, 0.1) is 6.92 Å². The van der Waals surface area contributed by atoms with Crippen LogP contribution in [0.2, 0.25) is 5.02 Å². The van der Waals surface area contributed by atoms with Gasteiger partial charge in [-0.3, -0.25) is 4.72 Å². The zero-order chi connectivity index (χ0) is 18.1. The molecule has 1 aromatic heterocycles. The quantitative estimate of drug-likeness (QED) is 0.815. The first kappa shape index (κ1) is 18.2. The van der Waals surface area contributed by atoms with Crippen molar-refractivity contribution in [1.82, 2.24) is 4.57 Å². The van der Waals surface area contributed by atoms with Gasteiger partial charge in [-0.1, -0.05) is 11.6 Å². The van der Waals surface area contributed by atoms with Gasteiger partial charge in [0.25, 0.3) is 10.0 Å². The maximum Gasteiger partial charge on any atom is 0.354 e. The van der Waals surface area contributed by atoms with Crippen LogP contribution in [0.25, 0.3) is 0 Å². The van der Waals surface area contributed by atoms with Gasteiger partial charge in [-0.05, 0) is 31.2 Å². The second kappa shape index (κ2) is 6.74. The third-order valence-electron chi connectivity index (χ3n) is 3.58. The van der Waals surface area contributed by atoms with Crippen molar-refractivity contribution in [2.75, 3.05) is 18.9 Å². The fourth-order valence-electron chi connectivity index (χ4n) is 2.18. The first-order valence-corrected chi connectivity index (χ1v) is 8.68. The minimum Gasteiger partial charge on any atom is -0.495 e. The molecule has 130 valence electrons. The van der Waals surface area contributed by atoms with Crippen molar-refractivity contribution in [2.24, 2.45) is 7.05 Å². The normalized spacial score (nSPS) is 11.2. The van der Waals surface area contributed by atoms with Gasteiger partial charge in [-0.2, -0.15) is 0 Å². The van der Waals surface area contributed by atoms with Crippen molar-refractivity contribution in [3.8, 4) is 5.75 Å². The van der Waals surface area contributed by atoms with Crippen LogP contribution in [0.15, 0.2) is 29.2 Å². The topological polar surface area (TPSA) is 86.6 Å². The lowest BCUT2D eigenvalue weighted by atomic mass is 10.3. The van der Waals surface area contributed by atoms with Crippen LogP contribution in [0.3, 0.4) is 0 Å². The molecule has 0 bridgehead atoms. The van der Waals surface area contributed by atoms with Gasteiger partial charge in [-0.25, -0.2) is 13.2 Å². The largest absolute Gasteiger partial charge is 0.495 e. The molecule has 0 aliphatic carbocycles. The molecule has 0 radical (unpaired) electrons. The van der Waals surface area contributed by atoms with Gasteiger partial charge < -0.3 is 14.0 Å². The van der Waals surface area contributed by atoms with E-state index >= 15 is 0 Å². The molecule has 0 amide bonds. The Bertz CT molecular complexity index is 890. The summed E-state index contributed by atoms with van der Waals surface area (Å²) >= 11 is 6.00. The van der Waals surface area contributed by atoms with E-state index in [-0.39, 0.29) is 21.3 Å². The summed E-state index contributed by atoms with van der Waals surface area (Å²) in [5.74, 6) is -0.182. The summed E-state index contributed by atoms with van der Waals surface area (Å²) in [6, 6.07) is 5.80. The number of methoxy groups -OCH3 is 2. The minimum atomic E-state index is -3.90. The van der Waals surface area contributed by atoms with Crippen LogP contribution in [0.1, 0.15) is 16.2 Å². The zero-order valence-corrected chi connectivity index (χ0v) is 15.2. The lowest BCUT2D eigenvalue weighted by Gasteiger charge is -2.10. The van der Waals surface area contributed by atoms with E-state index in [2.05, 4.69) is 9.46 Å². The Morgan fingerprint density at radius 1 is 1.25 bits per heavy atom. The zero-order valence-electron chi connectivity index (χ0n) is 13.6. The highest BCUT2D eigenvalue weighted by Gasteiger charge is 2.25. The van der Waals surface area contributed by atoms with E-state index in [1.165, 1.54) is 37.0 Å². The molecule has 0 fully saturated rings. The van der Waals surface area contributed by atoms with Crippen molar-refractivity contribution in [2.45, 2.75) is 11.8 Å². The van der Waals surface area contributed by atoms with Crippen LogP contribution in [-0.2, 0) is 21.8 Å². The summed E-state index contributed by atoms with van der Waals surface area (Å²) in [5.41, 5.74) is 0.828. The number of carbonyl (C=O) groups excluding carboxylic acids is 1. The van der Waals surface area contributed by atoms with Gasteiger partial charge in [0.2, 0.25) is 0 Å². The molecular weight excluding hydrogens is 356 g/mol. The molecule has 1 heterocycles. The highest BCUT2D eigenvalue weighted by molar-refractivity contribution is 7.92. The Labute approximate surface area is 145 Å². The molecule has 0 unspecified atom stereocenters. The standard InChI is InChI=1S/C15H17ClN2O5S/c1-9-14(8-12(18(9)2)15(19)23-4)24(20,21)17-10-5-6-13(22-3)11(16)7-10/h5-8,17H,1-4H3. The predicted octanol–water partition coefficient (Wildman–Crippen LogP) is 2.58. The number of halogens is 1. The predicted molar refractivity (Wildman–Crippen MR) is 90.3 cm³/mol. The minimum absolute atomic E-state index is 0.0164. The number of carbonyl (C=O) groups is 1. The Morgan fingerprint density at radius 3 is 2.46 bits per heavy atom. The summed E-state index contributed by atoms with van der Waals surface area (Å²) in [5, 5.41) is 0.276. The lowest BCUT2D eigenvalue weighted by Crippen LogP contribution is -2.13. The van der Waals surface area contributed by atoms with Crippen molar-refractivity contribution < 1.29 is 22.7 Å². The SMILES string of the molecule is COC(=O)c1cc(S(=O)(=O)Nc2ccc(OC)c(Cl)c2)c(C)n1C. The smallest absolute Gasteiger partial charge is 0.354 e. The van der Waals surface area contributed by atoms with Crippen LogP contribution < -0.4 is 9.46 Å². The van der Waals surface area contributed by atoms with Gasteiger partial charge in [0.05, 0.1) is 24.9 Å². The molecule has 1 aromatic carbocycles. The second-order valence-electron chi connectivity index (χ2n) is 4.98. The second-order valence-corrected chi connectivity index (χ2v) is 7.04. The summed E-state index contributed by atoms with van der Waals surface area (Å²) in [4.78, 5) is 11.7. The maximum absolute atomic E-state index is 12.6. The van der Waals surface area contributed by atoms with E-state index in [1.807, 2.05) is 0 Å². The molecule has 7 nitrogen and oxygen atoms in total. The molecule has 0 saturated heterocycles. The number of rotatable bonds is 5.